The molecular formula is C16H20BrN3O. The number of nitriles is 1. The zero-order chi connectivity index (χ0) is 15.6. The van der Waals surface area contributed by atoms with Gasteiger partial charge in [0.25, 0.3) is 5.91 Å². The normalized spacial score (nSPS) is 16.6. The van der Waals surface area contributed by atoms with Crippen LogP contribution in [0.2, 0.25) is 0 Å². The number of carbonyl (C=O) groups is 1. The molecule has 0 N–H and O–H groups in total. The van der Waals surface area contributed by atoms with Gasteiger partial charge in [-0.2, -0.15) is 5.26 Å². The number of nitrogens with zero attached hydrogens (tertiary/aromatic N) is 3. The Bertz CT molecular complexity index is 584. The number of halogens is 1. The number of benzene rings is 1. The minimum absolute atomic E-state index is 0.0724. The lowest BCUT2D eigenvalue weighted by Gasteiger charge is -2.40. The van der Waals surface area contributed by atoms with E-state index in [1.807, 2.05) is 43.9 Å². The van der Waals surface area contributed by atoms with Gasteiger partial charge in [0.1, 0.15) is 5.54 Å². The van der Waals surface area contributed by atoms with Gasteiger partial charge in [-0.05, 0) is 38.5 Å². The number of amides is 1. The second-order valence-corrected chi connectivity index (χ2v) is 6.82. The van der Waals surface area contributed by atoms with Crippen molar-refractivity contribution in [2.45, 2.75) is 26.3 Å². The van der Waals surface area contributed by atoms with Gasteiger partial charge in [-0.25, -0.2) is 0 Å². The third-order valence-electron chi connectivity index (χ3n) is 4.06. The Hall–Kier alpha value is -1.38. The maximum atomic E-state index is 12.6. The molecule has 21 heavy (non-hydrogen) atoms. The van der Waals surface area contributed by atoms with Crippen molar-refractivity contribution in [3.63, 3.8) is 0 Å². The van der Waals surface area contributed by atoms with E-state index in [-0.39, 0.29) is 5.91 Å². The second-order valence-electron chi connectivity index (χ2n) is 5.91. The Balaban J connectivity index is 2.07. The van der Waals surface area contributed by atoms with E-state index in [1.54, 1.807) is 0 Å². The standard InChI is InChI=1S/C16H20BrN3O/c1-12-4-5-13(17)10-14(12)15(21)19-6-8-20(9-7-19)16(2,3)11-18/h4-5,10H,6-9H2,1-3H3. The summed E-state index contributed by atoms with van der Waals surface area (Å²) in [6.07, 6.45) is 0. The van der Waals surface area contributed by atoms with Gasteiger partial charge in [0.15, 0.2) is 0 Å². The van der Waals surface area contributed by atoms with Crippen LogP contribution in [0.3, 0.4) is 0 Å². The fourth-order valence-corrected chi connectivity index (χ4v) is 2.90. The number of hydrogen-bond acceptors (Lipinski definition) is 3. The highest BCUT2D eigenvalue weighted by Gasteiger charge is 2.31. The molecule has 4 nitrogen and oxygen atoms in total. The van der Waals surface area contributed by atoms with E-state index in [9.17, 15) is 10.1 Å². The molecule has 0 radical (unpaired) electrons. The number of aryl methyl sites for hydroxylation is 1. The summed E-state index contributed by atoms with van der Waals surface area (Å²) in [6, 6.07) is 8.09. The van der Waals surface area contributed by atoms with E-state index >= 15 is 0 Å². The minimum Gasteiger partial charge on any atom is -0.336 e. The molecule has 1 aliphatic rings. The van der Waals surface area contributed by atoms with Gasteiger partial charge >= 0.3 is 0 Å². The van der Waals surface area contributed by atoms with Gasteiger partial charge in [0, 0.05) is 36.2 Å². The fourth-order valence-electron chi connectivity index (χ4n) is 2.53. The summed E-state index contributed by atoms with van der Waals surface area (Å²) in [5, 5.41) is 9.19. The molecule has 1 amide bonds. The molecule has 0 aromatic heterocycles. The first-order valence-electron chi connectivity index (χ1n) is 7.07. The van der Waals surface area contributed by atoms with E-state index in [0.717, 1.165) is 28.7 Å². The average Bonchev–Trinajstić information content (AvgIpc) is 2.49. The van der Waals surface area contributed by atoms with Crippen molar-refractivity contribution < 1.29 is 4.79 Å². The molecule has 0 bridgehead atoms. The molecule has 0 atom stereocenters. The first-order valence-corrected chi connectivity index (χ1v) is 7.86. The van der Waals surface area contributed by atoms with E-state index in [1.165, 1.54) is 0 Å². The lowest BCUT2D eigenvalue weighted by molar-refractivity contribution is 0.0520. The predicted octanol–water partition coefficient (Wildman–Crippen LogP) is 2.82. The minimum atomic E-state index is -0.471. The summed E-state index contributed by atoms with van der Waals surface area (Å²) in [5.74, 6) is 0.0724. The molecule has 5 heteroatoms. The van der Waals surface area contributed by atoms with Gasteiger partial charge in [0.05, 0.1) is 6.07 Å². The van der Waals surface area contributed by atoms with Crippen molar-refractivity contribution in [1.82, 2.24) is 9.80 Å². The van der Waals surface area contributed by atoms with Gasteiger partial charge in [0.2, 0.25) is 0 Å². The Labute approximate surface area is 134 Å². The molecule has 1 fully saturated rings. The SMILES string of the molecule is Cc1ccc(Br)cc1C(=O)N1CCN(C(C)(C)C#N)CC1. The molecule has 1 aromatic rings. The molecule has 0 aliphatic carbocycles. The lowest BCUT2D eigenvalue weighted by Crippen LogP contribution is -2.55. The zero-order valence-corrected chi connectivity index (χ0v) is 14.3. The Morgan fingerprint density at radius 3 is 2.48 bits per heavy atom. The first-order chi connectivity index (χ1) is 9.85. The smallest absolute Gasteiger partial charge is 0.254 e. The second kappa shape index (κ2) is 6.17. The maximum absolute atomic E-state index is 12.6. The van der Waals surface area contributed by atoms with E-state index in [2.05, 4.69) is 26.9 Å². The van der Waals surface area contributed by atoms with Crippen LogP contribution >= 0.6 is 15.9 Å². The molecular weight excluding hydrogens is 330 g/mol. The van der Waals surface area contributed by atoms with Gasteiger partial charge < -0.3 is 4.90 Å². The van der Waals surface area contributed by atoms with Crippen LogP contribution in [0, 0.1) is 18.3 Å². The van der Waals surface area contributed by atoms with Crippen LogP contribution in [-0.4, -0.2) is 47.4 Å². The molecule has 0 saturated carbocycles. The van der Waals surface area contributed by atoms with Crippen molar-refractivity contribution in [3.05, 3.63) is 33.8 Å². The summed E-state index contributed by atoms with van der Waals surface area (Å²) in [6.45, 7) is 8.59. The van der Waals surface area contributed by atoms with Gasteiger partial charge in [-0.15, -0.1) is 0 Å². The third-order valence-corrected chi connectivity index (χ3v) is 4.55. The van der Waals surface area contributed by atoms with Crippen LogP contribution in [0.15, 0.2) is 22.7 Å². The predicted molar refractivity (Wildman–Crippen MR) is 86.0 cm³/mol. The summed E-state index contributed by atoms with van der Waals surface area (Å²) in [7, 11) is 0. The Kier molecular flexibility index (Phi) is 4.70. The third kappa shape index (κ3) is 3.45. The Morgan fingerprint density at radius 1 is 1.29 bits per heavy atom. The highest BCUT2D eigenvalue weighted by molar-refractivity contribution is 9.10. The average molecular weight is 350 g/mol. The van der Waals surface area contributed by atoms with Crippen LogP contribution in [0.25, 0.3) is 0 Å². The van der Waals surface area contributed by atoms with Crippen LogP contribution in [0.1, 0.15) is 29.8 Å². The van der Waals surface area contributed by atoms with Gasteiger partial charge in [-0.3, -0.25) is 9.69 Å². The van der Waals surface area contributed by atoms with Crippen LogP contribution in [-0.2, 0) is 0 Å². The fraction of sp³-hybridized carbons (Fsp3) is 0.500. The lowest BCUT2D eigenvalue weighted by atomic mass is 10.0. The summed E-state index contributed by atoms with van der Waals surface area (Å²) < 4.78 is 0.917. The molecule has 0 spiro atoms. The molecule has 1 aromatic carbocycles. The summed E-state index contributed by atoms with van der Waals surface area (Å²) in [5.41, 5.74) is 1.27. The van der Waals surface area contributed by atoms with Crippen LogP contribution < -0.4 is 0 Å². The van der Waals surface area contributed by atoms with Crippen molar-refractivity contribution >= 4 is 21.8 Å². The number of rotatable bonds is 2. The van der Waals surface area contributed by atoms with Crippen molar-refractivity contribution in [1.29, 1.82) is 5.26 Å². The molecule has 0 unspecified atom stereocenters. The molecule has 1 saturated heterocycles. The maximum Gasteiger partial charge on any atom is 0.254 e. The Morgan fingerprint density at radius 2 is 1.90 bits per heavy atom. The topological polar surface area (TPSA) is 47.3 Å². The highest BCUT2D eigenvalue weighted by atomic mass is 79.9. The van der Waals surface area contributed by atoms with E-state index in [0.29, 0.717) is 13.1 Å². The molecule has 112 valence electrons. The molecule has 2 rings (SSSR count). The number of piperazine rings is 1. The first kappa shape index (κ1) is 16.0. The summed E-state index contributed by atoms with van der Waals surface area (Å²) in [4.78, 5) is 16.6. The quantitative estimate of drug-likeness (QED) is 0.824. The molecule has 1 heterocycles. The van der Waals surface area contributed by atoms with E-state index < -0.39 is 5.54 Å². The number of carbonyl (C=O) groups excluding carboxylic acids is 1. The number of hydrogen-bond donors (Lipinski definition) is 0. The van der Waals surface area contributed by atoms with Crippen LogP contribution in [0.5, 0.6) is 0 Å². The highest BCUT2D eigenvalue weighted by Crippen LogP contribution is 2.20. The van der Waals surface area contributed by atoms with Gasteiger partial charge in [-0.1, -0.05) is 22.0 Å². The zero-order valence-electron chi connectivity index (χ0n) is 12.7. The largest absolute Gasteiger partial charge is 0.336 e. The van der Waals surface area contributed by atoms with Crippen LogP contribution in [0.4, 0.5) is 0 Å². The van der Waals surface area contributed by atoms with Crippen molar-refractivity contribution in [3.8, 4) is 6.07 Å². The van der Waals surface area contributed by atoms with Crippen molar-refractivity contribution in [2.24, 2.45) is 0 Å². The van der Waals surface area contributed by atoms with Crippen molar-refractivity contribution in [2.75, 3.05) is 26.2 Å². The molecule has 1 aliphatic heterocycles. The van der Waals surface area contributed by atoms with E-state index in [4.69, 9.17) is 0 Å². The monoisotopic (exact) mass is 349 g/mol. The summed E-state index contributed by atoms with van der Waals surface area (Å²) >= 11 is 3.42.